The third-order valence-electron chi connectivity index (χ3n) is 2.37. The van der Waals surface area contributed by atoms with Gasteiger partial charge in [-0.05, 0) is 35.4 Å². The summed E-state index contributed by atoms with van der Waals surface area (Å²) < 4.78 is 38.5. The van der Waals surface area contributed by atoms with Gasteiger partial charge in [-0.25, -0.2) is 0 Å². The number of benzene rings is 2. The summed E-state index contributed by atoms with van der Waals surface area (Å²) in [5.74, 6) is 0. The first-order chi connectivity index (χ1) is 7.97. The van der Waals surface area contributed by atoms with E-state index in [4.69, 9.17) is 0 Å². The molecule has 2 aromatic rings. The van der Waals surface area contributed by atoms with Crippen LogP contribution in [0.2, 0.25) is 0 Å². The first-order valence-electron chi connectivity index (χ1n) is 4.90. The Kier molecular flexibility index (Phi) is 4.82. The topological polar surface area (TPSA) is 0 Å². The lowest BCUT2D eigenvalue weighted by molar-refractivity contribution is -0.137. The lowest BCUT2D eigenvalue weighted by Gasteiger charge is -2.08. The molecule has 0 aromatic heterocycles. The molecule has 0 saturated carbocycles. The maximum absolute atomic E-state index is 12.5. The van der Waals surface area contributed by atoms with Gasteiger partial charge >= 0.3 is 6.18 Å². The zero-order valence-electron chi connectivity index (χ0n) is 9.04. The molecule has 0 unspecified atom stereocenters. The van der Waals surface area contributed by atoms with Crippen molar-refractivity contribution in [3.63, 3.8) is 0 Å². The van der Waals surface area contributed by atoms with E-state index in [1.807, 2.05) is 0 Å². The smallest absolute Gasteiger partial charge is 0.166 e. The van der Waals surface area contributed by atoms with Crippen LogP contribution in [-0.4, -0.2) is 0 Å². The van der Waals surface area contributed by atoms with Crippen molar-refractivity contribution < 1.29 is 13.2 Å². The van der Waals surface area contributed by atoms with E-state index in [0.29, 0.717) is 5.56 Å². The molecule has 2 rings (SSSR count). The predicted octanol–water partition coefficient (Wildman–Crippen LogP) is 5.56. The van der Waals surface area contributed by atoms with Crippen LogP contribution >= 0.6 is 28.3 Å². The van der Waals surface area contributed by atoms with Gasteiger partial charge in [0, 0.05) is 4.47 Å². The van der Waals surface area contributed by atoms with Crippen molar-refractivity contribution >= 4 is 28.3 Å². The molecule has 96 valence electrons. The van der Waals surface area contributed by atoms with Crippen molar-refractivity contribution in [3.8, 4) is 11.1 Å². The first-order valence-corrected chi connectivity index (χ1v) is 5.69. The molecule has 0 fully saturated rings. The van der Waals surface area contributed by atoms with Crippen molar-refractivity contribution in [3.05, 3.63) is 58.6 Å². The second kappa shape index (κ2) is 5.76. The predicted molar refractivity (Wildman–Crippen MR) is 71.8 cm³/mol. The van der Waals surface area contributed by atoms with Crippen LogP contribution in [0.15, 0.2) is 53.0 Å². The van der Waals surface area contributed by atoms with Gasteiger partial charge in [0.05, 0.1) is 5.56 Å². The molecular formula is C13H9BrClF3. The SMILES string of the molecule is Cl.FC(F)(F)c1cccc(-c2ccc(Br)cc2)c1. The molecule has 0 heterocycles. The van der Waals surface area contributed by atoms with Gasteiger partial charge in [0.25, 0.3) is 0 Å². The van der Waals surface area contributed by atoms with E-state index in [0.717, 1.165) is 22.2 Å². The lowest BCUT2D eigenvalue weighted by atomic mass is 10.0. The van der Waals surface area contributed by atoms with E-state index in [1.54, 1.807) is 30.3 Å². The highest BCUT2D eigenvalue weighted by Gasteiger charge is 2.30. The number of alkyl halides is 3. The minimum Gasteiger partial charge on any atom is -0.166 e. The molecule has 0 radical (unpaired) electrons. The molecule has 0 amide bonds. The Hall–Kier alpha value is -1.00. The van der Waals surface area contributed by atoms with Crippen LogP contribution in [0.3, 0.4) is 0 Å². The molecule has 18 heavy (non-hydrogen) atoms. The quantitative estimate of drug-likeness (QED) is 0.639. The van der Waals surface area contributed by atoms with Gasteiger partial charge in [0.15, 0.2) is 0 Å². The van der Waals surface area contributed by atoms with Crippen LogP contribution in [0.1, 0.15) is 5.56 Å². The lowest BCUT2D eigenvalue weighted by Crippen LogP contribution is -2.04. The third-order valence-corrected chi connectivity index (χ3v) is 2.90. The summed E-state index contributed by atoms with van der Waals surface area (Å²) in [6, 6.07) is 12.5. The molecule has 0 N–H and O–H groups in total. The Morgan fingerprint density at radius 1 is 0.833 bits per heavy atom. The van der Waals surface area contributed by atoms with Crippen LogP contribution in [0.4, 0.5) is 13.2 Å². The molecule has 0 spiro atoms. The van der Waals surface area contributed by atoms with Gasteiger partial charge in [0.2, 0.25) is 0 Å². The Bertz CT molecular complexity index is 521. The van der Waals surface area contributed by atoms with Crippen LogP contribution in [0, 0.1) is 0 Å². The minimum atomic E-state index is -4.30. The molecule has 2 aromatic carbocycles. The van der Waals surface area contributed by atoms with Crippen molar-refractivity contribution in [2.45, 2.75) is 6.18 Å². The molecule has 0 aliphatic carbocycles. The standard InChI is InChI=1S/C13H8BrF3.ClH/c14-12-6-4-9(5-7-12)10-2-1-3-11(8-10)13(15,16)17;/h1-8H;1H. The number of halogens is 5. The summed E-state index contributed by atoms with van der Waals surface area (Å²) >= 11 is 3.28. The summed E-state index contributed by atoms with van der Waals surface area (Å²) in [7, 11) is 0. The summed E-state index contributed by atoms with van der Waals surface area (Å²) in [4.78, 5) is 0. The Labute approximate surface area is 117 Å². The van der Waals surface area contributed by atoms with Crippen LogP contribution in [-0.2, 0) is 6.18 Å². The Morgan fingerprint density at radius 2 is 1.44 bits per heavy atom. The van der Waals surface area contributed by atoms with Gasteiger partial charge in [-0.1, -0.05) is 40.2 Å². The average Bonchev–Trinajstić information content (AvgIpc) is 2.29. The highest BCUT2D eigenvalue weighted by Crippen LogP contribution is 2.32. The van der Waals surface area contributed by atoms with Crippen LogP contribution < -0.4 is 0 Å². The Morgan fingerprint density at radius 3 is 2.00 bits per heavy atom. The maximum Gasteiger partial charge on any atom is 0.416 e. The van der Waals surface area contributed by atoms with Gasteiger partial charge in [-0.2, -0.15) is 13.2 Å². The number of hydrogen-bond acceptors (Lipinski definition) is 0. The van der Waals surface area contributed by atoms with Crippen molar-refractivity contribution in [1.29, 1.82) is 0 Å². The monoisotopic (exact) mass is 336 g/mol. The zero-order valence-corrected chi connectivity index (χ0v) is 11.4. The van der Waals surface area contributed by atoms with Gasteiger partial charge in [-0.15, -0.1) is 12.4 Å². The van der Waals surface area contributed by atoms with Crippen LogP contribution in [0.25, 0.3) is 11.1 Å². The van der Waals surface area contributed by atoms with Crippen LogP contribution in [0.5, 0.6) is 0 Å². The second-order valence-corrected chi connectivity index (χ2v) is 4.50. The molecular weight excluding hydrogens is 328 g/mol. The van der Waals surface area contributed by atoms with Gasteiger partial charge in [-0.3, -0.25) is 0 Å². The highest BCUT2D eigenvalue weighted by molar-refractivity contribution is 9.10. The fourth-order valence-electron chi connectivity index (χ4n) is 1.52. The molecule has 5 heteroatoms. The van der Waals surface area contributed by atoms with E-state index >= 15 is 0 Å². The number of hydrogen-bond donors (Lipinski definition) is 0. The van der Waals surface area contributed by atoms with E-state index in [9.17, 15) is 13.2 Å². The normalized spacial score (nSPS) is 10.9. The summed E-state index contributed by atoms with van der Waals surface area (Å²) in [6.07, 6.45) is -4.30. The minimum absolute atomic E-state index is 0. The van der Waals surface area contributed by atoms with Gasteiger partial charge in [0.1, 0.15) is 0 Å². The molecule has 0 bridgehead atoms. The van der Waals surface area contributed by atoms with Crippen molar-refractivity contribution in [1.82, 2.24) is 0 Å². The molecule has 0 aliphatic heterocycles. The summed E-state index contributed by atoms with van der Waals surface area (Å²) in [6.45, 7) is 0. The number of rotatable bonds is 1. The fraction of sp³-hybridized carbons (Fsp3) is 0.0769. The third kappa shape index (κ3) is 3.50. The second-order valence-electron chi connectivity index (χ2n) is 3.59. The maximum atomic E-state index is 12.5. The van der Waals surface area contributed by atoms with E-state index < -0.39 is 11.7 Å². The average molecular weight is 338 g/mol. The molecule has 0 nitrogen and oxygen atoms in total. The fourth-order valence-corrected chi connectivity index (χ4v) is 1.78. The van der Waals surface area contributed by atoms with E-state index in [2.05, 4.69) is 15.9 Å². The molecule has 0 saturated heterocycles. The first kappa shape index (κ1) is 15.1. The van der Waals surface area contributed by atoms with Crippen molar-refractivity contribution in [2.24, 2.45) is 0 Å². The van der Waals surface area contributed by atoms with E-state index in [-0.39, 0.29) is 12.4 Å². The van der Waals surface area contributed by atoms with Gasteiger partial charge < -0.3 is 0 Å². The summed E-state index contributed by atoms with van der Waals surface area (Å²) in [5, 5.41) is 0. The Balaban J connectivity index is 0.00000162. The van der Waals surface area contributed by atoms with E-state index in [1.165, 1.54) is 6.07 Å². The highest BCUT2D eigenvalue weighted by atomic mass is 79.9. The molecule has 0 atom stereocenters. The summed E-state index contributed by atoms with van der Waals surface area (Å²) in [5.41, 5.74) is 0.699. The van der Waals surface area contributed by atoms with Crippen molar-refractivity contribution in [2.75, 3.05) is 0 Å². The largest absolute Gasteiger partial charge is 0.416 e. The molecule has 0 aliphatic rings. The zero-order chi connectivity index (χ0) is 12.5.